The van der Waals surface area contributed by atoms with Gasteiger partial charge < -0.3 is 19.7 Å². The third kappa shape index (κ3) is 5.72. The van der Waals surface area contributed by atoms with Crippen LogP contribution in [0.15, 0.2) is 36.4 Å². The van der Waals surface area contributed by atoms with Crippen molar-refractivity contribution in [1.29, 1.82) is 0 Å². The number of rotatable bonds is 10. The SMILES string of the molecule is CCOc1cc(C(CS(C)(=O)=O)N2Cc3cccc(NC(=O)C4CC4)c3C2=O)ccc1OC(F)F. The minimum atomic E-state index is -3.56. The van der Waals surface area contributed by atoms with Gasteiger partial charge in [-0.2, -0.15) is 8.78 Å². The third-order valence-electron chi connectivity index (χ3n) is 5.88. The van der Waals surface area contributed by atoms with Gasteiger partial charge in [0.25, 0.3) is 5.91 Å². The molecule has 1 unspecified atom stereocenters. The molecule has 8 nitrogen and oxygen atoms in total. The predicted molar refractivity (Wildman–Crippen MR) is 124 cm³/mol. The molecular formula is C24H26F2N2O6S. The number of anilines is 1. The first-order valence-electron chi connectivity index (χ1n) is 11.2. The Morgan fingerprint density at radius 2 is 1.94 bits per heavy atom. The van der Waals surface area contributed by atoms with Gasteiger partial charge in [-0.05, 0) is 49.1 Å². The van der Waals surface area contributed by atoms with Crippen LogP contribution in [0.25, 0.3) is 0 Å². The van der Waals surface area contributed by atoms with E-state index in [4.69, 9.17) is 4.74 Å². The van der Waals surface area contributed by atoms with Gasteiger partial charge in [-0.1, -0.05) is 18.2 Å². The van der Waals surface area contributed by atoms with Crippen molar-refractivity contribution in [2.75, 3.05) is 23.9 Å². The van der Waals surface area contributed by atoms with Crippen LogP contribution < -0.4 is 14.8 Å². The number of alkyl halides is 2. The van der Waals surface area contributed by atoms with Crippen LogP contribution in [-0.4, -0.2) is 50.4 Å². The zero-order valence-corrected chi connectivity index (χ0v) is 20.1. The van der Waals surface area contributed by atoms with E-state index in [0.717, 1.165) is 19.1 Å². The standard InChI is InChI=1S/C24H26F2N2O6S/c1-3-33-20-11-15(9-10-19(20)34-24(25)26)18(13-35(2,31)32)28-12-16-5-4-6-17(21(16)23(28)30)27-22(29)14-7-8-14/h4-6,9-11,14,18,24H,3,7-8,12-13H2,1-2H3,(H,27,29). The van der Waals surface area contributed by atoms with E-state index in [2.05, 4.69) is 10.1 Å². The zero-order valence-electron chi connectivity index (χ0n) is 19.3. The zero-order chi connectivity index (χ0) is 25.3. The highest BCUT2D eigenvalue weighted by Gasteiger charge is 2.38. The molecule has 2 amide bonds. The largest absolute Gasteiger partial charge is 0.490 e. The average molecular weight is 509 g/mol. The van der Waals surface area contributed by atoms with Crippen LogP contribution in [0.2, 0.25) is 0 Å². The number of sulfone groups is 1. The summed E-state index contributed by atoms with van der Waals surface area (Å²) in [6.45, 7) is -1.10. The van der Waals surface area contributed by atoms with E-state index < -0.39 is 34.2 Å². The van der Waals surface area contributed by atoms with Gasteiger partial charge in [0.15, 0.2) is 11.5 Å². The van der Waals surface area contributed by atoms with Gasteiger partial charge in [-0.3, -0.25) is 9.59 Å². The van der Waals surface area contributed by atoms with E-state index in [1.807, 2.05) is 0 Å². The van der Waals surface area contributed by atoms with Gasteiger partial charge in [-0.15, -0.1) is 0 Å². The average Bonchev–Trinajstić information content (AvgIpc) is 3.57. The lowest BCUT2D eigenvalue weighted by Crippen LogP contribution is -2.34. The molecule has 1 saturated carbocycles. The van der Waals surface area contributed by atoms with E-state index in [-0.39, 0.29) is 36.5 Å². The molecule has 1 atom stereocenters. The van der Waals surface area contributed by atoms with Crippen molar-refractivity contribution in [2.45, 2.75) is 39.0 Å². The second kappa shape index (κ2) is 9.80. The smallest absolute Gasteiger partial charge is 0.387 e. The maximum Gasteiger partial charge on any atom is 0.387 e. The molecule has 0 radical (unpaired) electrons. The van der Waals surface area contributed by atoms with Gasteiger partial charge in [0.05, 0.1) is 29.7 Å². The van der Waals surface area contributed by atoms with E-state index in [9.17, 15) is 26.8 Å². The van der Waals surface area contributed by atoms with Crippen molar-refractivity contribution in [1.82, 2.24) is 4.90 Å². The van der Waals surface area contributed by atoms with Gasteiger partial charge in [-0.25, -0.2) is 8.42 Å². The van der Waals surface area contributed by atoms with Crippen molar-refractivity contribution >= 4 is 27.3 Å². The quantitative estimate of drug-likeness (QED) is 0.524. The van der Waals surface area contributed by atoms with Crippen LogP contribution in [0.5, 0.6) is 11.5 Å². The summed E-state index contributed by atoms with van der Waals surface area (Å²) in [6, 6.07) is 8.35. The first kappa shape index (κ1) is 24.9. The monoisotopic (exact) mass is 508 g/mol. The number of nitrogens with one attached hydrogen (secondary N) is 1. The fourth-order valence-corrected chi connectivity index (χ4v) is 5.11. The lowest BCUT2D eigenvalue weighted by Gasteiger charge is -2.28. The number of amides is 2. The summed E-state index contributed by atoms with van der Waals surface area (Å²) >= 11 is 0. The molecule has 35 heavy (non-hydrogen) atoms. The van der Waals surface area contributed by atoms with E-state index >= 15 is 0 Å². The molecule has 0 saturated heterocycles. The maximum absolute atomic E-state index is 13.5. The summed E-state index contributed by atoms with van der Waals surface area (Å²) in [6.07, 6.45) is 2.68. The number of halogens is 2. The number of benzene rings is 2. The molecule has 2 aromatic rings. The highest BCUT2D eigenvalue weighted by molar-refractivity contribution is 7.90. The first-order chi connectivity index (χ1) is 16.6. The molecule has 1 heterocycles. The van der Waals surface area contributed by atoms with Gasteiger partial charge in [0.2, 0.25) is 5.91 Å². The topological polar surface area (TPSA) is 102 Å². The summed E-state index contributed by atoms with van der Waals surface area (Å²) in [5.41, 5.74) is 1.76. The Morgan fingerprint density at radius 1 is 1.20 bits per heavy atom. The fourth-order valence-electron chi connectivity index (χ4n) is 4.17. The molecule has 1 aliphatic carbocycles. The van der Waals surface area contributed by atoms with Crippen LogP contribution in [0.4, 0.5) is 14.5 Å². The van der Waals surface area contributed by atoms with Crippen molar-refractivity contribution < 1.29 is 36.3 Å². The van der Waals surface area contributed by atoms with Crippen molar-refractivity contribution in [3.63, 3.8) is 0 Å². The molecule has 1 fully saturated rings. The van der Waals surface area contributed by atoms with Gasteiger partial charge >= 0.3 is 6.61 Å². The second-order valence-corrected chi connectivity index (χ2v) is 10.8. The summed E-state index contributed by atoms with van der Waals surface area (Å²) in [5, 5.41) is 2.82. The van der Waals surface area contributed by atoms with Crippen LogP contribution in [-0.2, 0) is 21.2 Å². The Hall–Kier alpha value is -3.21. The van der Waals surface area contributed by atoms with Crippen LogP contribution in [0.1, 0.15) is 47.3 Å². The number of hydrogen-bond acceptors (Lipinski definition) is 6. The molecule has 4 rings (SSSR count). The Balaban J connectivity index is 1.70. The highest BCUT2D eigenvalue weighted by Crippen LogP contribution is 2.39. The number of carbonyl (C=O) groups excluding carboxylic acids is 2. The maximum atomic E-state index is 13.5. The predicted octanol–water partition coefficient (Wildman–Crippen LogP) is 3.78. The molecule has 1 aliphatic heterocycles. The Morgan fingerprint density at radius 3 is 2.57 bits per heavy atom. The van der Waals surface area contributed by atoms with Crippen LogP contribution >= 0.6 is 0 Å². The Bertz CT molecular complexity index is 1250. The van der Waals surface area contributed by atoms with Gasteiger partial charge in [0, 0.05) is 18.7 Å². The number of nitrogens with zero attached hydrogens (tertiary/aromatic N) is 1. The molecular weight excluding hydrogens is 482 g/mol. The molecule has 1 N–H and O–H groups in total. The summed E-state index contributed by atoms with van der Waals surface area (Å²) in [4.78, 5) is 27.3. The fraction of sp³-hybridized carbons (Fsp3) is 0.417. The third-order valence-corrected chi connectivity index (χ3v) is 6.80. The lowest BCUT2D eigenvalue weighted by atomic mass is 10.1. The molecule has 0 spiro atoms. The van der Waals surface area contributed by atoms with Crippen molar-refractivity contribution in [3.05, 3.63) is 53.1 Å². The normalized spacial score (nSPS) is 16.3. The van der Waals surface area contributed by atoms with E-state index in [0.29, 0.717) is 22.4 Å². The summed E-state index contributed by atoms with van der Waals surface area (Å²) in [5.74, 6) is -1.19. The number of carbonyl (C=O) groups is 2. The number of ether oxygens (including phenoxy) is 2. The van der Waals surface area contributed by atoms with E-state index in [1.54, 1.807) is 25.1 Å². The minimum Gasteiger partial charge on any atom is -0.490 e. The lowest BCUT2D eigenvalue weighted by molar-refractivity contribution is -0.117. The minimum absolute atomic E-state index is 0.0188. The van der Waals surface area contributed by atoms with Gasteiger partial charge in [0.1, 0.15) is 9.84 Å². The van der Waals surface area contributed by atoms with Crippen molar-refractivity contribution in [3.8, 4) is 11.5 Å². The number of fused-ring (bicyclic) bond motifs is 1. The number of hydrogen-bond donors (Lipinski definition) is 1. The molecule has 0 bridgehead atoms. The van der Waals surface area contributed by atoms with E-state index in [1.165, 1.54) is 23.1 Å². The molecule has 2 aromatic carbocycles. The molecule has 188 valence electrons. The molecule has 2 aliphatic rings. The molecule has 0 aromatic heterocycles. The van der Waals surface area contributed by atoms with Crippen molar-refractivity contribution in [2.24, 2.45) is 5.92 Å². The second-order valence-electron chi connectivity index (χ2n) is 8.66. The van der Waals surface area contributed by atoms with Crippen LogP contribution in [0, 0.1) is 5.92 Å². The van der Waals surface area contributed by atoms with Crippen LogP contribution in [0.3, 0.4) is 0 Å². The first-order valence-corrected chi connectivity index (χ1v) is 13.3. The Labute approximate surface area is 202 Å². The highest BCUT2D eigenvalue weighted by atomic mass is 32.2. The molecule has 11 heteroatoms. The Kier molecular flexibility index (Phi) is 6.98. The summed E-state index contributed by atoms with van der Waals surface area (Å²) in [7, 11) is -3.56. The summed E-state index contributed by atoms with van der Waals surface area (Å²) < 4.78 is 60.2.